The van der Waals surface area contributed by atoms with Crippen LogP contribution in [0.3, 0.4) is 0 Å². The summed E-state index contributed by atoms with van der Waals surface area (Å²) in [6.07, 6.45) is 1.71. The van der Waals surface area contributed by atoms with Crippen molar-refractivity contribution in [1.29, 1.82) is 0 Å². The number of amides is 2. The van der Waals surface area contributed by atoms with E-state index in [1.807, 2.05) is 36.9 Å². The first-order valence-corrected chi connectivity index (χ1v) is 10.1. The molecule has 0 saturated heterocycles. The maximum absolute atomic E-state index is 12.8. The number of methoxy groups -OCH3 is 2. The Labute approximate surface area is 177 Å². The number of anilines is 2. The quantitative estimate of drug-likeness (QED) is 0.731. The Balaban J connectivity index is 1.76. The Morgan fingerprint density at radius 3 is 2.63 bits per heavy atom. The zero-order chi connectivity index (χ0) is 21.7. The smallest absolute Gasteiger partial charge is 0.251 e. The molecule has 0 aromatic heterocycles. The number of carbonyl (C=O) groups excluding carboxylic acids is 2. The number of hydrogen-bond donors (Lipinski definition) is 2. The number of rotatable bonds is 7. The fraction of sp³-hybridized carbons (Fsp3) is 0.391. The van der Waals surface area contributed by atoms with Crippen LogP contribution in [0.15, 0.2) is 36.4 Å². The van der Waals surface area contributed by atoms with E-state index in [9.17, 15) is 9.59 Å². The lowest BCUT2D eigenvalue weighted by Crippen LogP contribution is -2.38. The minimum Gasteiger partial charge on any atom is -0.497 e. The van der Waals surface area contributed by atoms with Gasteiger partial charge in [-0.3, -0.25) is 9.59 Å². The highest BCUT2D eigenvalue weighted by Crippen LogP contribution is 2.31. The minimum atomic E-state index is -0.150. The summed E-state index contributed by atoms with van der Waals surface area (Å²) in [5.74, 6) is 0.968. The molecule has 2 N–H and O–H groups in total. The van der Waals surface area contributed by atoms with Gasteiger partial charge in [0.2, 0.25) is 5.91 Å². The van der Waals surface area contributed by atoms with E-state index in [1.54, 1.807) is 32.4 Å². The lowest BCUT2D eigenvalue weighted by molar-refractivity contribution is -0.115. The predicted molar refractivity (Wildman–Crippen MR) is 118 cm³/mol. The van der Waals surface area contributed by atoms with Crippen molar-refractivity contribution in [3.8, 4) is 11.5 Å². The summed E-state index contributed by atoms with van der Waals surface area (Å²) >= 11 is 0. The highest BCUT2D eigenvalue weighted by atomic mass is 16.5. The van der Waals surface area contributed by atoms with Crippen LogP contribution in [-0.2, 0) is 11.2 Å². The molecule has 3 rings (SSSR count). The molecule has 2 amide bonds. The van der Waals surface area contributed by atoms with Gasteiger partial charge in [0, 0.05) is 29.9 Å². The van der Waals surface area contributed by atoms with Crippen LogP contribution in [-0.4, -0.2) is 45.2 Å². The molecule has 1 heterocycles. The van der Waals surface area contributed by atoms with Crippen molar-refractivity contribution in [3.63, 3.8) is 0 Å². The molecule has 160 valence electrons. The van der Waals surface area contributed by atoms with Crippen molar-refractivity contribution in [2.24, 2.45) is 0 Å². The third-order valence-electron chi connectivity index (χ3n) is 5.03. The Hall–Kier alpha value is -3.22. The molecule has 0 unspecified atom stereocenters. The SMILES string of the molecule is COc1ccc(NC(=O)CN2CCCc3c(C(=O)NC(C)C)cccc32)c(OC)c1. The van der Waals surface area contributed by atoms with E-state index < -0.39 is 0 Å². The van der Waals surface area contributed by atoms with Gasteiger partial charge < -0.3 is 25.0 Å². The number of nitrogens with one attached hydrogen (secondary N) is 2. The van der Waals surface area contributed by atoms with Gasteiger partial charge in [0.1, 0.15) is 11.5 Å². The van der Waals surface area contributed by atoms with E-state index in [0.29, 0.717) is 22.7 Å². The fourth-order valence-corrected chi connectivity index (χ4v) is 3.68. The second kappa shape index (κ2) is 9.52. The molecular weight excluding hydrogens is 382 g/mol. The van der Waals surface area contributed by atoms with E-state index in [-0.39, 0.29) is 24.4 Å². The first-order chi connectivity index (χ1) is 14.4. The maximum Gasteiger partial charge on any atom is 0.251 e. The van der Waals surface area contributed by atoms with E-state index in [2.05, 4.69) is 10.6 Å². The lowest BCUT2D eigenvalue weighted by atomic mass is 9.95. The molecule has 2 aromatic rings. The summed E-state index contributed by atoms with van der Waals surface area (Å²) in [7, 11) is 3.13. The molecular formula is C23H29N3O4. The van der Waals surface area contributed by atoms with Crippen molar-refractivity contribution in [1.82, 2.24) is 5.32 Å². The zero-order valence-corrected chi connectivity index (χ0v) is 18.0. The van der Waals surface area contributed by atoms with Gasteiger partial charge in [0.25, 0.3) is 5.91 Å². The van der Waals surface area contributed by atoms with Gasteiger partial charge in [-0.1, -0.05) is 6.07 Å². The normalized spacial score (nSPS) is 12.9. The summed E-state index contributed by atoms with van der Waals surface area (Å²) in [5, 5.41) is 5.87. The third-order valence-corrected chi connectivity index (χ3v) is 5.03. The molecule has 0 aliphatic carbocycles. The summed E-state index contributed by atoms with van der Waals surface area (Å²) in [4.78, 5) is 27.4. The van der Waals surface area contributed by atoms with E-state index in [1.165, 1.54) is 0 Å². The largest absolute Gasteiger partial charge is 0.497 e. The molecule has 7 nitrogen and oxygen atoms in total. The van der Waals surface area contributed by atoms with Crippen LogP contribution in [0.1, 0.15) is 36.2 Å². The molecule has 0 spiro atoms. The van der Waals surface area contributed by atoms with Crippen molar-refractivity contribution < 1.29 is 19.1 Å². The molecule has 0 saturated carbocycles. The van der Waals surface area contributed by atoms with Gasteiger partial charge in [-0.2, -0.15) is 0 Å². The first-order valence-electron chi connectivity index (χ1n) is 10.1. The van der Waals surface area contributed by atoms with Crippen LogP contribution in [0.2, 0.25) is 0 Å². The first kappa shape index (κ1) is 21.5. The standard InChI is InChI=1S/C23H29N3O4/c1-15(2)24-23(28)18-7-5-9-20-17(18)8-6-12-26(20)14-22(27)25-19-11-10-16(29-3)13-21(19)30-4/h5,7,9-11,13,15H,6,8,12,14H2,1-4H3,(H,24,28)(H,25,27). The molecule has 1 aliphatic heterocycles. The lowest BCUT2D eigenvalue weighted by Gasteiger charge is -2.32. The van der Waals surface area contributed by atoms with E-state index in [0.717, 1.165) is 30.6 Å². The second-order valence-electron chi connectivity index (χ2n) is 7.57. The highest BCUT2D eigenvalue weighted by molar-refractivity contribution is 5.99. The predicted octanol–water partition coefficient (Wildman–Crippen LogP) is 3.23. The van der Waals surface area contributed by atoms with Crippen molar-refractivity contribution >= 4 is 23.2 Å². The second-order valence-corrected chi connectivity index (χ2v) is 7.57. The third kappa shape index (κ3) is 4.84. The van der Waals surface area contributed by atoms with Crippen LogP contribution in [0.25, 0.3) is 0 Å². The van der Waals surface area contributed by atoms with Crippen LogP contribution in [0, 0.1) is 0 Å². The molecule has 0 bridgehead atoms. The van der Waals surface area contributed by atoms with Gasteiger partial charge in [-0.25, -0.2) is 0 Å². The van der Waals surface area contributed by atoms with Gasteiger partial charge in [-0.05, 0) is 56.5 Å². The van der Waals surface area contributed by atoms with Gasteiger partial charge in [0.15, 0.2) is 0 Å². The van der Waals surface area contributed by atoms with Crippen LogP contribution in [0.4, 0.5) is 11.4 Å². The molecule has 0 atom stereocenters. The number of fused-ring (bicyclic) bond motifs is 1. The average Bonchev–Trinajstić information content (AvgIpc) is 2.73. The highest BCUT2D eigenvalue weighted by Gasteiger charge is 2.24. The summed E-state index contributed by atoms with van der Waals surface area (Å²) in [6.45, 7) is 4.83. The Morgan fingerprint density at radius 2 is 1.93 bits per heavy atom. The number of hydrogen-bond acceptors (Lipinski definition) is 5. The van der Waals surface area contributed by atoms with Crippen LogP contribution < -0.4 is 25.0 Å². The molecule has 0 radical (unpaired) electrons. The summed E-state index contributed by atoms with van der Waals surface area (Å²) < 4.78 is 10.6. The Bertz CT molecular complexity index is 927. The van der Waals surface area contributed by atoms with Crippen molar-refractivity contribution in [2.75, 3.05) is 37.5 Å². The number of benzene rings is 2. The molecule has 7 heteroatoms. The van der Waals surface area contributed by atoms with Crippen LogP contribution >= 0.6 is 0 Å². The summed E-state index contributed by atoms with van der Waals surface area (Å²) in [5.41, 5.74) is 3.21. The number of ether oxygens (including phenoxy) is 2. The molecule has 1 aliphatic rings. The molecule has 2 aromatic carbocycles. The fourth-order valence-electron chi connectivity index (χ4n) is 3.68. The van der Waals surface area contributed by atoms with E-state index in [4.69, 9.17) is 9.47 Å². The Kier molecular flexibility index (Phi) is 6.82. The van der Waals surface area contributed by atoms with Gasteiger partial charge >= 0.3 is 0 Å². The minimum absolute atomic E-state index is 0.0679. The number of carbonyl (C=O) groups is 2. The average molecular weight is 412 g/mol. The Morgan fingerprint density at radius 1 is 1.13 bits per heavy atom. The number of nitrogens with zero attached hydrogens (tertiary/aromatic N) is 1. The topological polar surface area (TPSA) is 79.9 Å². The van der Waals surface area contributed by atoms with E-state index >= 15 is 0 Å². The van der Waals surface area contributed by atoms with Gasteiger partial charge in [-0.15, -0.1) is 0 Å². The van der Waals surface area contributed by atoms with Crippen molar-refractivity contribution in [2.45, 2.75) is 32.7 Å². The summed E-state index contributed by atoms with van der Waals surface area (Å²) in [6, 6.07) is 11.0. The zero-order valence-electron chi connectivity index (χ0n) is 18.0. The maximum atomic E-state index is 12.8. The molecule has 30 heavy (non-hydrogen) atoms. The van der Waals surface area contributed by atoms with Crippen LogP contribution in [0.5, 0.6) is 11.5 Å². The molecule has 0 fully saturated rings. The van der Waals surface area contributed by atoms with Crippen molar-refractivity contribution in [3.05, 3.63) is 47.5 Å². The monoisotopic (exact) mass is 411 g/mol. The van der Waals surface area contributed by atoms with Gasteiger partial charge in [0.05, 0.1) is 26.5 Å².